The number of unbranched alkanes of at least 4 members (excludes halogenated alkanes) is 2. The second kappa shape index (κ2) is 14.0. The number of aliphatic hydroxyl groups is 2. The molecule has 0 radical (unpaired) electrons. The highest BCUT2D eigenvalue weighted by Gasteiger charge is 2.58. The summed E-state index contributed by atoms with van der Waals surface area (Å²) in [5.74, 6) is -2.56. The molecule has 4 nitrogen and oxygen atoms in total. The topological polar surface area (TPSA) is 63.9 Å². The molecular formula is C33H48F5NO3S. The van der Waals surface area contributed by atoms with Gasteiger partial charge < -0.3 is 20.2 Å². The number of nitrogens with zero attached hydrogens (tertiary/aromatic N) is 1. The van der Waals surface area contributed by atoms with E-state index in [0.717, 1.165) is 80.5 Å². The number of benzene rings is 1. The van der Waals surface area contributed by atoms with Crippen LogP contribution in [0, 0.1) is 23.2 Å². The molecule has 0 spiro atoms. The Hall–Kier alpha value is -1.36. The van der Waals surface area contributed by atoms with Gasteiger partial charge >= 0.3 is 12.1 Å². The summed E-state index contributed by atoms with van der Waals surface area (Å²) in [7, 11) is 2.04. The third-order valence-electron chi connectivity index (χ3n) is 10.6. The lowest BCUT2D eigenvalue weighted by Crippen LogP contribution is -2.45. The highest BCUT2D eigenvalue weighted by atomic mass is 32.2. The smallest absolute Gasteiger partial charge is 0.453 e. The summed E-state index contributed by atoms with van der Waals surface area (Å²) in [5.41, 5.74) is 2.80. The van der Waals surface area contributed by atoms with Gasteiger partial charge in [0.2, 0.25) is 0 Å². The van der Waals surface area contributed by atoms with Gasteiger partial charge in [-0.15, -0.1) is 0 Å². The molecule has 3 aliphatic carbocycles. The summed E-state index contributed by atoms with van der Waals surface area (Å²) in [5, 5.41) is 32.6. The van der Waals surface area contributed by atoms with E-state index >= 15 is 0 Å². The van der Waals surface area contributed by atoms with Crippen LogP contribution >= 0.6 is 11.8 Å². The Morgan fingerprint density at radius 3 is 2.42 bits per heavy atom. The summed E-state index contributed by atoms with van der Waals surface area (Å²) in [6.07, 6.45) is -0.602. The average Bonchev–Trinajstić information content (AvgIpc) is 3.17. The molecule has 1 aromatic carbocycles. The van der Waals surface area contributed by atoms with Crippen LogP contribution in [0.4, 0.5) is 22.0 Å². The molecule has 0 aromatic heterocycles. The highest BCUT2D eigenvalue weighted by Crippen LogP contribution is 2.65. The Kier molecular flexibility index (Phi) is 11.2. The summed E-state index contributed by atoms with van der Waals surface area (Å²) in [6.45, 7) is 8.26. The van der Waals surface area contributed by atoms with Gasteiger partial charge in [-0.3, -0.25) is 0 Å². The van der Waals surface area contributed by atoms with Crippen LogP contribution < -0.4 is 0 Å². The van der Waals surface area contributed by atoms with Crippen molar-refractivity contribution in [2.24, 2.45) is 23.2 Å². The number of halogens is 5. The maximum absolute atomic E-state index is 13.0. The van der Waals surface area contributed by atoms with Crippen LogP contribution in [0.1, 0.15) is 94.3 Å². The van der Waals surface area contributed by atoms with Gasteiger partial charge in [0.1, 0.15) is 5.75 Å². The number of alkyl halides is 5. The Labute approximate surface area is 257 Å². The number of hydrogen-bond acceptors (Lipinski definition) is 5. The second-order valence-corrected chi connectivity index (χ2v) is 14.6. The van der Waals surface area contributed by atoms with Gasteiger partial charge in [0, 0.05) is 6.42 Å². The van der Waals surface area contributed by atoms with Crippen molar-refractivity contribution in [1.82, 2.24) is 4.90 Å². The van der Waals surface area contributed by atoms with Gasteiger partial charge in [0.15, 0.2) is 0 Å². The average molecular weight is 634 g/mol. The molecule has 0 bridgehead atoms. The molecule has 0 aliphatic heterocycles. The van der Waals surface area contributed by atoms with E-state index < -0.39 is 30.7 Å². The minimum absolute atomic E-state index is 0.0489. The minimum Gasteiger partial charge on any atom is -0.508 e. The molecule has 2 saturated carbocycles. The molecule has 244 valence electrons. The Balaban J connectivity index is 1.22. The fraction of sp³-hybridized carbons (Fsp3) is 0.758. The number of hydrogen-bond donors (Lipinski definition) is 3. The molecule has 4 unspecified atom stereocenters. The van der Waals surface area contributed by atoms with Crippen molar-refractivity contribution in [2.75, 3.05) is 31.6 Å². The van der Waals surface area contributed by atoms with Crippen molar-refractivity contribution in [1.29, 1.82) is 0 Å². The zero-order valence-corrected chi connectivity index (χ0v) is 26.2. The second-order valence-electron chi connectivity index (χ2n) is 13.4. The van der Waals surface area contributed by atoms with Gasteiger partial charge in [-0.2, -0.15) is 33.7 Å². The summed E-state index contributed by atoms with van der Waals surface area (Å²) >= 11 is 1.42. The zero-order valence-electron chi connectivity index (χ0n) is 25.4. The lowest BCUT2D eigenvalue weighted by molar-refractivity contribution is -0.284. The van der Waals surface area contributed by atoms with Crippen molar-refractivity contribution >= 4 is 11.8 Å². The molecule has 7 atom stereocenters. The molecule has 3 N–H and O–H groups in total. The molecule has 10 heteroatoms. The number of phenols is 1. The first-order chi connectivity index (χ1) is 20.2. The van der Waals surface area contributed by atoms with Gasteiger partial charge in [-0.05, 0) is 135 Å². The maximum atomic E-state index is 13.0. The largest absolute Gasteiger partial charge is 0.508 e. The van der Waals surface area contributed by atoms with E-state index in [4.69, 9.17) is 0 Å². The van der Waals surface area contributed by atoms with E-state index in [2.05, 4.69) is 18.4 Å². The third kappa shape index (κ3) is 7.55. The maximum Gasteiger partial charge on any atom is 0.453 e. The van der Waals surface area contributed by atoms with Crippen molar-refractivity contribution < 1.29 is 37.3 Å². The number of thioether (sulfide) groups is 1. The lowest BCUT2D eigenvalue weighted by atomic mass is 9.51. The SMILES string of the molecule is C=C1[C@H](O)CC2C3C(CC[C@]12C)c1ccc(O)cc1[C@@H](O)C3CCCCCN(C)CCCSCCCC(F)(F)C(F)(F)F. The predicted octanol–water partition coefficient (Wildman–Crippen LogP) is 8.09. The molecule has 0 saturated heterocycles. The van der Waals surface area contributed by atoms with Crippen LogP contribution in [0.15, 0.2) is 30.4 Å². The van der Waals surface area contributed by atoms with Gasteiger partial charge in [0.05, 0.1) is 12.2 Å². The summed E-state index contributed by atoms with van der Waals surface area (Å²) < 4.78 is 62.7. The predicted molar refractivity (Wildman–Crippen MR) is 162 cm³/mol. The number of aliphatic hydroxyl groups excluding tert-OH is 2. The normalized spacial score (nSPS) is 30.8. The molecule has 4 rings (SSSR count). The minimum atomic E-state index is -5.47. The van der Waals surface area contributed by atoms with Gasteiger partial charge in [-0.25, -0.2) is 0 Å². The van der Waals surface area contributed by atoms with Crippen LogP contribution in [-0.2, 0) is 0 Å². The molecular weight excluding hydrogens is 585 g/mol. The molecule has 2 fully saturated rings. The van der Waals surface area contributed by atoms with Gasteiger partial charge in [0.25, 0.3) is 0 Å². The Bertz CT molecular complexity index is 1100. The monoisotopic (exact) mass is 633 g/mol. The van der Waals surface area contributed by atoms with Crippen LogP contribution in [-0.4, -0.2) is 70.1 Å². The molecule has 0 heterocycles. The number of aromatic hydroxyl groups is 1. The quantitative estimate of drug-likeness (QED) is 0.110. The van der Waals surface area contributed by atoms with E-state index in [1.54, 1.807) is 12.1 Å². The van der Waals surface area contributed by atoms with E-state index in [-0.39, 0.29) is 35.3 Å². The molecule has 0 amide bonds. The fourth-order valence-electron chi connectivity index (χ4n) is 8.15. The van der Waals surface area contributed by atoms with Crippen molar-refractivity contribution in [2.45, 2.75) is 101 Å². The van der Waals surface area contributed by atoms with Crippen LogP contribution in [0.5, 0.6) is 5.75 Å². The lowest BCUT2D eigenvalue weighted by Gasteiger charge is -2.53. The van der Waals surface area contributed by atoms with Crippen LogP contribution in [0.25, 0.3) is 0 Å². The number of fused-ring (bicyclic) bond motifs is 5. The summed E-state index contributed by atoms with van der Waals surface area (Å²) in [6, 6.07) is 5.42. The standard InChI is InChI=1S/C33H48F5NO3S/c1-21-28(41)20-27-29-24(12-14-31(21,27)2)23-11-10-22(40)19-26(23)30(42)25(29)9-5-4-6-15-39(3)16-8-18-43-17-7-13-32(34,35)33(36,37)38/h10-11,19,24-25,27-30,40-42H,1,4-9,12-18,20H2,2-3H3/t24?,25?,27?,28-,29?,30+,31-/m1/s1. The number of rotatable bonds is 14. The van der Waals surface area contributed by atoms with E-state index in [0.29, 0.717) is 18.1 Å². The van der Waals surface area contributed by atoms with E-state index in [1.807, 2.05) is 13.1 Å². The van der Waals surface area contributed by atoms with E-state index in [9.17, 15) is 37.3 Å². The Morgan fingerprint density at radius 1 is 1.00 bits per heavy atom. The van der Waals surface area contributed by atoms with Crippen LogP contribution in [0.2, 0.25) is 0 Å². The summed E-state index contributed by atoms with van der Waals surface area (Å²) in [4.78, 5) is 2.22. The van der Waals surface area contributed by atoms with Crippen molar-refractivity contribution in [3.05, 3.63) is 41.5 Å². The first kappa shape index (κ1) is 34.5. The molecule has 1 aromatic rings. The molecule has 43 heavy (non-hydrogen) atoms. The number of phenolic OH excluding ortho intramolecular Hbond substituents is 1. The Morgan fingerprint density at radius 2 is 1.70 bits per heavy atom. The third-order valence-corrected chi connectivity index (χ3v) is 11.8. The first-order valence-electron chi connectivity index (χ1n) is 15.8. The first-order valence-corrected chi connectivity index (χ1v) is 16.9. The highest BCUT2D eigenvalue weighted by molar-refractivity contribution is 7.99. The van der Waals surface area contributed by atoms with Gasteiger partial charge in [-0.1, -0.05) is 32.4 Å². The zero-order chi connectivity index (χ0) is 31.6. The van der Waals surface area contributed by atoms with Crippen molar-refractivity contribution in [3.8, 4) is 5.75 Å². The van der Waals surface area contributed by atoms with E-state index in [1.165, 1.54) is 11.8 Å². The van der Waals surface area contributed by atoms with Crippen molar-refractivity contribution in [3.63, 3.8) is 0 Å². The molecule has 3 aliphatic rings. The fourth-order valence-corrected chi connectivity index (χ4v) is 9.04. The van der Waals surface area contributed by atoms with Crippen LogP contribution in [0.3, 0.4) is 0 Å².